The van der Waals surface area contributed by atoms with Crippen LogP contribution in [0, 0.1) is 11.8 Å². The maximum atomic E-state index is 6.51. The lowest BCUT2D eigenvalue weighted by molar-refractivity contribution is 0.0288. The van der Waals surface area contributed by atoms with Crippen molar-refractivity contribution in [2.24, 2.45) is 11.8 Å². The molecule has 0 aromatic heterocycles. The number of hydrogen-bond donors (Lipinski definition) is 0. The van der Waals surface area contributed by atoms with Gasteiger partial charge in [-0.05, 0) is 47.2 Å². The Kier molecular flexibility index (Phi) is 5.80. The second kappa shape index (κ2) is 8.09. The summed E-state index contributed by atoms with van der Waals surface area (Å²) in [5, 5.41) is 0. The lowest BCUT2D eigenvalue weighted by Crippen LogP contribution is -2.10. The Morgan fingerprint density at radius 1 is 0.593 bits per heavy atom. The molecule has 0 amide bonds. The van der Waals surface area contributed by atoms with E-state index in [4.69, 9.17) is 23.7 Å². The SMILES string of the molecule is COc1ccc([C@H]2O[C@@H](c3ccc(OC)c(OC)c3)[C@@H](C)[C@@H]2C)cc1OC. The second-order valence-corrected chi connectivity index (χ2v) is 6.92. The van der Waals surface area contributed by atoms with Crippen LogP contribution in [0.5, 0.6) is 23.0 Å². The summed E-state index contributed by atoms with van der Waals surface area (Å²) >= 11 is 0. The molecular weight excluding hydrogens is 344 g/mol. The van der Waals surface area contributed by atoms with Crippen molar-refractivity contribution < 1.29 is 23.7 Å². The molecule has 0 spiro atoms. The van der Waals surface area contributed by atoms with Crippen molar-refractivity contribution in [2.75, 3.05) is 28.4 Å². The summed E-state index contributed by atoms with van der Waals surface area (Å²) in [5.41, 5.74) is 2.19. The maximum absolute atomic E-state index is 6.51. The van der Waals surface area contributed by atoms with E-state index in [2.05, 4.69) is 13.8 Å². The van der Waals surface area contributed by atoms with Gasteiger partial charge in [0, 0.05) is 0 Å². The monoisotopic (exact) mass is 372 g/mol. The molecule has 4 atom stereocenters. The van der Waals surface area contributed by atoms with Crippen LogP contribution >= 0.6 is 0 Å². The second-order valence-electron chi connectivity index (χ2n) is 6.92. The van der Waals surface area contributed by atoms with Crippen molar-refractivity contribution in [3.05, 3.63) is 47.5 Å². The van der Waals surface area contributed by atoms with Crippen LogP contribution in [-0.4, -0.2) is 28.4 Å². The van der Waals surface area contributed by atoms with Gasteiger partial charge in [0.1, 0.15) is 0 Å². The Balaban J connectivity index is 1.90. The van der Waals surface area contributed by atoms with Gasteiger partial charge < -0.3 is 23.7 Å². The van der Waals surface area contributed by atoms with Gasteiger partial charge in [-0.2, -0.15) is 0 Å². The van der Waals surface area contributed by atoms with Gasteiger partial charge in [-0.3, -0.25) is 0 Å². The Morgan fingerprint density at radius 2 is 0.963 bits per heavy atom. The van der Waals surface area contributed by atoms with Crippen LogP contribution in [-0.2, 0) is 4.74 Å². The summed E-state index contributed by atoms with van der Waals surface area (Å²) in [4.78, 5) is 0. The molecule has 1 fully saturated rings. The minimum atomic E-state index is -0.0158. The van der Waals surface area contributed by atoms with E-state index < -0.39 is 0 Å². The van der Waals surface area contributed by atoms with E-state index in [1.807, 2.05) is 36.4 Å². The number of rotatable bonds is 6. The van der Waals surface area contributed by atoms with Crippen LogP contribution < -0.4 is 18.9 Å². The van der Waals surface area contributed by atoms with Crippen molar-refractivity contribution >= 4 is 0 Å². The molecular formula is C22H28O5. The van der Waals surface area contributed by atoms with Crippen LogP contribution in [0.25, 0.3) is 0 Å². The Bertz CT molecular complexity index is 723. The van der Waals surface area contributed by atoms with Gasteiger partial charge >= 0.3 is 0 Å². The van der Waals surface area contributed by atoms with Gasteiger partial charge in [-0.25, -0.2) is 0 Å². The zero-order valence-corrected chi connectivity index (χ0v) is 16.8. The van der Waals surface area contributed by atoms with E-state index in [0.717, 1.165) is 22.6 Å². The van der Waals surface area contributed by atoms with Gasteiger partial charge in [0.2, 0.25) is 0 Å². The molecule has 5 nitrogen and oxygen atoms in total. The molecule has 0 unspecified atom stereocenters. The van der Waals surface area contributed by atoms with E-state index >= 15 is 0 Å². The average molecular weight is 372 g/mol. The van der Waals surface area contributed by atoms with Crippen molar-refractivity contribution in [2.45, 2.75) is 26.1 Å². The molecule has 2 aromatic rings. The van der Waals surface area contributed by atoms with Gasteiger partial charge in [0.05, 0.1) is 40.6 Å². The molecule has 5 heteroatoms. The molecule has 27 heavy (non-hydrogen) atoms. The summed E-state index contributed by atoms with van der Waals surface area (Å²) in [6.45, 7) is 4.46. The first-order chi connectivity index (χ1) is 13.0. The van der Waals surface area contributed by atoms with Crippen molar-refractivity contribution in [1.82, 2.24) is 0 Å². The summed E-state index contributed by atoms with van der Waals surface area (Å²) in [6, 6.07) is 12.0. The predicted octanol–water partition coefficient (Wildman–Crippen LogP) is 4.81. The number of ether oxygens (including phenoxy) is 5. The molecule has 146 valence electrons. The highest BCUT2D eigenvalue weighted by molar-refractivity contribution is 5.45. The minimum absolute atomic E-state index is 0.0158. The van der Waals surface area contributed by atoms with Crippen LogP contribution in [0.15, 0.2) is 36.4 Å². The predicted molar refractivity (Wildman–Crippen MR) is 104 cm³/mol. The van der Waals surface area contributed by atoms with Crippen LogP contribution in [0.4, 0.5) is 0 Å². The molecule has 1 aliphatic heterocycles. The quantitative estimate of drug-likeness (QED) is 0.728. The molecule has 0 aliphatic carbocycles. The highest BCUT2D eigenvalue weighted by Crippen LogP contribution is 2.50. The Morgan fingerprint density at radius 3 is 1.30 bits per heavy atom. The molecule has 1 heterocycles. The molecule has 0 bridgehead atoms. The fourth-order valence-corrected chi connectivity index (χ4v) is 3.78. The third kappa shape index (κ3) is 3.56. The zero-order valence-electron chi connectivity index (χ0n) is 16.8. The Hall–Kier alpha value is -2.40. The lowest BCUT2D eigenvalue weighted by Gasteiger charge is -2.18. The van der Waals surface area contributed by atoms with Crippen molar-refractivity contribution in [3.63, 3.8) is 0 Å². The van der Waals surface area contributed by atoms with Gasteiger partial charge in [-0.15, -0.1) is 0 Å². The Labute approximate surface area is 161 Å². The maximum Gasteiger partial charge on any atom is 0.161 e. The van der Waals surface area contributed by atoms with Crippen LogP contribution in [0.2, 0.25) is 0 Å². The van der Waals surface area contributed by atoms with E-state index in [9.17, 15) is 0 Å². The summed E-state index contributed by atoms with van der Waals surface area (Å²) in [7, 11) is 6.58. The standard InChI is InChI=1S/C22H28O5/c1-13-14(2)22(16-8-10-18(24-4)20(12-16)26-6)27-21(13)15-7-9-17(23-3)19(11-15)25-5/h7-14,21-22H,1-6H3/t13-,14-,21-,22+/m0/s1. The topological polar surface area (TPSA) is 46.2 Å². The minimum Gasteiger partial charge on any atom is -0.493 e. The van der Waals surface area contributed by atoms with E-state index in [0.29, 0.717) is 23.3 Å². The molecule has 0 radical (unpaired) electrons. The third-order valence-electron chi connectivity index (χ3n) is 5.55. The number of methoxy groups -OCH3 is 4. The zero-order chi connectivity index (χ0) is 19.6. The fraction of sp³-hybridized carbons (Fsp3) is 0.455. The first-order valence-electron chi connectivity index (χ1n) is 9.13. The summed E-state index contributed by atoms with van der Waals surface area (Å²) in [5.74, 6) is 3.57. The molecule has 1 aliphatic rings. The summed E-state index contributed by atoms with van der Waals surface area (Å²) < 4.78 is 28.1. The first kappa shape index (κ1) is 19.4. The highest BCUT2D eigenvalue weighted by atomic mass is 16.5. The van der Waals surface area contributed by atoms with Crippen molar-refractivity contribution in [3.8, 4) is 23.0 Å². The lowest BCUT2D eigenvalue weighted by atomic mass is 9.85. The number of benzene rings is 2. The van der Waals surface area contributed by atoms with E-state index in [1.54, 1.807) is 28.4 Å². The average Bonchev–Trinajstić information content (AvgIpc) is 3.01. The molecule has 0 N–H and O–H groups in total. The van der Waals surface area contributed by atoms with E-state index in [1.165, 1.54) is 0 Å². The van der Waals surface area contributed by atoms with Gasteiger partial charge in [-0.1, -0.05) is 26.0 Å². The smallest absolute Gasteiger partial charge is 0.161 e. The highest BCUT2D eigenvalue weighted by Gasteiger charge is 2.41. The van der Waals surface area contributed by atoms with Gasteiger partial charge in [0.15, 0.2) is 23.0 Å². The van der Waals surface area contributed by atoms with Crippen LogP contribution in [0.1, 0.15) is 37.2 Å². The van der Waals surface area contributed by atoms with E-state index in [-0.39, 0.29) is 12.2 Å². The van der Waals surface area contributed by atoms with Crippen LogP contribution in [0.3, 0.4) is 0 Å². The number of hydrogen-bond acceptors (Lipinski definition) is 5. The third-order valence-corrected chi connectivity index (χ3v) is 5.55. The molecule has 1 saturated heterocycles. The fourth-order valence-electron chi connectivity index (χ4n) is 3.78. The molecule has 0 saturated carbocycles. The summed E-state index contributed by atoms with van der Waals surface area (Å²) in [6.07, 6.45) is -0.0317. The molecule has 2 aromatic carbocycles. The first-order valence-corrected chi connectivity index (χ1v) is 9.13. The largest absolute Gasteiger partial charge is 0.493 e. The molecule has 3 rings (SSSR count). The normalized spacial score (nSPS) is 24.5. The van der Waals surface area contributed by atoms with Crippen molar-refractivity contribution in [1.29, 1.82) is 0 Å². The van der Waals surface area contributed by atoms with Gasteiger partial charge in [0.25, 0.3) is 0 Å².